The summed E-state index contributed by atoms with van der Waals surface area (Å²) in [6, 6.07) is 35.0. The van der Waals surface area contributed by atoms with E-state index >= 15 is 0 Å². The van der Waals surface area contributed by atoms with Gasteiger partial charge in [0.2, 0.25) is 0 Å². The number of amides is 1. The lowest BCUT2D eigenvalue weighted by Crippen LogP contribution is -2.40. The number of carbonyl (C=O) groups excluding carboxylic acids is 1. The highest BCUT2D eigenvalue weighted by molar-refractivity contribution is 7.32. The van der Waals surface area contributed by atoms with Gasteiger partial charge in [-0.25, -0.2) is 4.79 Å². The minimum absolute atomic E-state index is 0.0710. The first-order valence-electron chi connectivity index (χ1n) is 14.9. The van der Waals surface area contributed by atoms with E-state index < -0.39 is 43.9 Å². The van der Waals surface area contributed by atoms with E-state index in [1.807, 2.05) is 78.9 Å². The standard InChI is InChI=1S/C35H28N3O8P/c39-33(23-11-3-1-4-12-23)36-31-19-20-38(34(40)37-31)32-21-29(46-47(41)42)30(45-32)22-43-35(24-13-5-2-6-14-24)25-15-7-9-17-27(25)44-28-18-10-8-16-26(28)35/h1-20,29-30,32H,21-22H2,(H-,36,37,39,40,41,42)/p+1/t29-,30+,32+/m0/s1. The fraction of sp³-hybridized carbons (Fsp3) is 0.171. The fourth-order valence-corrected chi connectivity index (χ4v) is 6.57. The van der Waals surface area contributed by atoms with Crippen molar-refractivity contribution in [1.82, 2.24) is 9.55 Å². The Balaban J connectivity index is 1.18. The van der Waals surface area contributed by atoms with E-state index in [9.17, 15) is 19.0 Å². The summed E-state index contributed by atoms with van der Waals surface area (Å²) in [6.45, 7) is -0.0741. The number of carbonyl (C=O) groups is 1. The first-order valence-corrected chi connectivity index (χ1v) is 16.1. The van der Waals surface area contributed by atoms with Gasteiger partial charge in [0.15, 0.2) is 5.60 Å². The van der Waals surface area contributed by atoms with Crippen LogP contribution in [0.1, 0.15) is 39.7 Å². The average molecular weight is 651 g/mol. The van der Waals surface area contributed by atoms with Gasteiger partial charge in [0.25, 0.3) is 5.91 Å². The van der Waals surface area contributed by atoms with E-state index in [4.69, 9.17) is 18.7 Å². The molecule has 7 rings (SSSR count). The first kappa shape index (κ1) is 30.6. The van der Waals surface area contributed by atoms with Gasteiger partial charge in [-0.3, -0.25) is 9.36 Å². The summed E-state index contributed by atoms with van der Waals surface area (Å²) < 4.78 is 38.0. The number of para-hydroxylation sites is 2. The van der Waals surface area contributed by atoms with Gasteiger partial charge in [0, 0.05) is 33.9 Å². The summed E-state index contributed by atoms with van der Waals surface area (Å²) in [6.07, 6.45) is -1.10. The van der Waals surface area contributed by atoms with Gasteiger partial charge in [-0.15, -0.1) is 9.42 Å². The second-order valence-corrected chi connectivity index (χ2v) is 11.7. The van der Waals surface area contributed by atoms with Crippen LogP contribution in [0.3, 0.4) is 0 Å². The van der Waals surface area contributed by atoms with Crippen molar-refractivity contribution in [3.63, 3.8) is 0 Å². The number of nitrogens with one attached hydrogen (secondary N) is 1. The third-order valence-electron chi connectivity index (χ3n) is 8.22. The Kier molecular flexibility index (Phi) is 8.46. The molecule has 0 aliphatic carbocycles. The van der Waals surface area contributed by atoms with Crippen LogP contribution in [-0.2, 0) is 24.2 Å². The van der Waals surface area contributed by atoms with Crippen LogP contribution in [0.15, 0.2) is 126 Å². The summed E-state index contributed by atoms with van der Waals surface area (Å²) in [7, 11) is -2.99. The van der Waals surface area contributed by atoms with E-state index in [0.717, 1.165) is 16.7 Å². The molecule has 47 heavy (non-hydrogen) atoms. The predicted octanol–water partition coefficient (Wildman–Crippen LogP) is 5.93. The predicted molar refractivity (Wildman–Crippen MR) is 171 cm³/mol. The molecule has 0 radical (unpaired) electrons. The summed E-state index contributed by atoms with van der Waals surface area (Å²) in [5.74, 6) is 0.923. The molecule has 236 valence electrons. The molecule has 11 nitrogen and oxygen atoms in total. The van der Waals surface area contributed by atoms with Crippen LogP contribution in [0.2, 0.25) is 0 Å². The molecule has 0 bridgehead atoms. The normalized spacial score (nSPS) is 19.6. The molecule has 2 aliphatic rings. The van der Waals surface area contributed by atoms with Crippen molar-refractivity contribution in [3.8, 4) is 11.5 Å². The molecule has 0 saturated carbocycles. The zero-order chi connectivity index (χ0) is 32.4. The Morgan fingerprint density at radius 1 is 0.915 bits per heavy atom. The van der Waals surface area contributed by atoms with Crippen LogP contribution >= 0.6 is 8.25 Å². The lowest BCUT2D eigenvalue weighted by Gasteiger charge is -2.41. The van der Waals surface area contributed by atoms with Crippen LogP contribution in [0.4, 0.5) is 5.82 Å². The van der Waals surface area contributed by atoms with Crippen molar-refractivity contribution in [3.05, 3.63) is 154 Å². The second kappa shape index (κ2) is 13.0. The average Bonchev–Trinajstić information content (AvgIpc) is 3.48. The number of rotatable bonds is 9. The van der Waals surface area contributed by atoms with Crippen molar-refractivity contribution < 1.29 is 33.0 Å². The topological polar surface area (TPSA) is 138 Å². The molecule has 1 unspecified atom stereocenters. The van der Waals surface area contributed by atoms with Gasteiger partial charge in [0.05, 0.1) is 6.61 Å². The second-order valence-electron chi connectivity index (χ2n) is 11.0. The maximum atomic E-state index is 13.1. The highest BCUT2D eigenvalue weighted by atomic mass is 31.1. The Hall–Kier alpha value is -5.03. The van der Waals surface area contributed by atoms with E-state index in [1.165, 1.54) is 16.8 Å². The molecule has 1 saturated heterocycles. The Bertz CT molecular complexity index is 1940. The highest BCUT2D eigenvalue weighted by Crippen LogP contribution is 2.52. The largest absolute Gasteiger partial charge is 0.695 e. The lowest BCUT2D eigenvalue weighted by molar-refractivity contribution is -0.0934. The number of benzene rings is 4. The molecule has 1 aromatic heterocycles. The molecule has 2 N–H and O–H groups in total. The van der Waals surface area contributed by atoms with Gasteiger partial charge in [0.1, 0.15) is 35.8 Å². The number of fused-ring (bicyclic) bond motifs is 2. The fourth-order valence-electron chi connectivity index (χ4n) is 6.11. The van der Waals surface area contributed by atoms with Crippen molar-refractivity contribution in [2.45, 2.75) is 30.5 Å². The molecular weight excluding hydrogens is 621 g/mol. The van der Waals surface area contributed by atoms with Gasteiger partial charge >= 0.3 is 13.9 Å². The number of hydrogen-bond donors (Lipinski definition) is 2. The summed E-state index contributed by atoms with van der Waals surface area (Å²) in [5, 5.41) is 2.62. The minimum Gasteiger partial charge on any atom is -0.457 e. The van der Waals surface area contributed by atoms with Crippen molar-refractivity contribution in [1.29, 1.82) is 0 Å². The molecule has 4 atom stereocenters. The first-order chi connectivity index (χ1) is 22.9. The minimum atomic E-state index is -2.99. The SMILES string of the molecule is O=C(Nc1ccn([C@H]2C[C@H](O[P+](=O)O)[C@@H](COC3(c4ccccc4)c4ccccc4Oc4ccccc43)O2)c(=O)n1)c1ccccc1. The van der Waals surface area contributed by atoms with E-state index in [1.54, 1.807) is 30.3 Å². The van der Waals surface area contributed by atoms with E-state index in [-0.39, 0.29) is 18.8 Å². The maximum Gasteiger partial charge on any atom is 0.695 e. The summed E-state index contributed by atoms with van der Waals surface area (Å²) in [5.41, 5.74) is 1.01. The molecule has 1 fully saturated rings. The van der Waals surface area contributed by atoms with Crippen LogP contribution in [-0.4, -0.2) is 39.2 Å². The van der Waals surface area contributed by atoms with Crippen LogP contribution in [0.5, 0.6) is 11.5 Å². The lowest BCUT2D eigenvalue weighted by atomic mass is 9.77. The molecule has 3 heterocycles. The van der Waals surface area contributed by atoms with Gasteiger partial charge in [-0.05, 0) is 35.9 Å². The zero-order valence-corrected chi connectivity index (χ0v) is 25.7. The Labute approximate surface area is 270 Å². The number of ether oxygens (including phenoxy) is 3. The van der Waals surface area contributed by atoms with Crippen LogP contribution in [0.25, 0.3) is 0 Å². The molecule has 0 spiro atoms. The number of aromatic nitrogens is 2. The van der Waals surface area contributed by atoms with Crippen LogP contribution < -0.4 is 15.7 Å². The van der Waals surface area contributed by atoms with E-state index in [2.05, 4.69) is 10.3 Å². The van der Waals surface area contributed by atoms with Gasteiger partial charge in [-0.2, -0.15) is 4.98 Å². The molecule has 4 aromatic carbocycles. The monoisotopic (exact) mass is 650 g/mol. The van der Waals surface area contributed by atoms with Gasteiger partial charge in [-0.1, -0.05) is 84.9 Å². The quantitative estimate of drug-likeness (QED) is 0.186. The summed E-state index contributed by atoms with van der Waals surface area (Å²) >= 11 is 0. The third-order valence-corrected chi connectivity index (χ3v) is 8.67. The smallest absolute Gasteiger partial charge is 0.457 e. The number of anilines is 1. The Morgan fingerprint density at radius 3 is 2.17 bits per heavy atom. The maximum absolute atomic E-state index is 13.1. The van der Waals surface area contributed by atoms with Crippen molar-refractivity contribution in [2.75, 3.05) is 11.9 Å². The molecule has 1 amide bonds. The highest BCUT2D eigenvalue weighted by Gasteiger charge is 2.48. The third kappa shape index (κ3) is 5.98. The molecular formula is C35H29N3O8P+. The van der Waals surface area contributed by atoms with E-state index in [0.29, 0.717) is 17.1 Å². The van der Waals surface area contributed by atoms with Crippen LogP contribution in [0, 0.1) is 0 Å². The van der Waals surface area contributed by atoms with Crippen molar-refractivity contribution >= 4 is 20.0 Å². The number of nitrogens with zero attached hydrogens (tertiary/aromatic N) is 2. The zero-order valence-electron chi connectivity index (χ0n) is 24.8. The molecule has 12 heteroatoms. The molecule has 2 aliphatic heterocycles. The Morgan fingerprint density at radius 2 is 1.53 bits per heavy atom. The van der Waals surface area contributed by atoms with Gasteiger partial charge < -0.3 is 19.5 Å². The summed E-state index contributed by atoms with van der Waals surface area (Å²) in [4.78, 5) is 39.4. The van der Waals surface area contributed by atoms with Crippen molar-refractivity contribution in [2.24, 2.45) is 0 Å². The molecule has 5 aromatic rings. The number of hydrogen-bond acceptors (Lipinski definition) is 8.